The highest BCUT2D eigenvalue weighted by atomic mass is 16.3. The van der Waals surface area contributed by atoms with E-state index in [9.17, 15) is 0 Å². The third-order valence-corrected chi connectivity index (χ3v) is 1.98. The summed E-state index contributed by atoms with van der Waals surface area (Å²) in [6, 6.07) is 3.80. The molecule has 1 heterocycles. The van der Waals surface area contributed by atoms with Gasteiger partial charge in [-0.15, -0.1) is 0 Å². The molecule has 0 amide bonds. The molecular weight excluding hydrogens is 198 g/mol. The Morgan fingerprint density at radius 1 is 1.31 bits per heavy atom. The van der Waals surface area contributed by atoms with Crippen LogP contribution >= 0.6 is 0 Å². The molecule has 0 aromatic carbocycles. The average Bonchev–Trinajstić information content (AvgIpc) is 2.38. The standard InChI is InChI=1S/C12H15NO.C2H6/c1-3-5-10(4-2)11-6-7-12(9-14)13-8-11;1-2/h3-8,14H,9H2,1-2H3;1-2H3/b5-3-,10-4+;. The molecule has 0 fully saturated rings. The molecule has 1 aromatic rings. The van der Waals surface area contributed by atoms with Gasteiger partial charge in [0, 0.05) is 6.20 Å². The van der Waals surface area contributed by atoms with Gasteiger partial charge in [0.15, 0.2) is 0 Å². The summed E-state index contributed by atoms with van der Waals surface area (Å²) in [5, 5.41) is 8.84. The van der Waals surface area contributed by atoms with Gasteiger partial charge < -0.3 is 5.11 Å². The second-order valence-corrected chi connectivity index (χ2v) is 2.94. The second-order valence-electron chi connectivity index (χ2n) is 2.94. The summed E-state index contributed by atoms with van der Waals surface area (Å²) in [6.45, 7) is 7.98. The molecule has 0 aliphatic carbocycles. The van der Waals surface area contributed by atoms with Gasteiger partial charge in [0.1, 0.15) is 0 Å². The number of hydrogen-bond acceptors (Lipinski definition) is 2. The molecule has 0 aliphatic heterocycles. The second kappa shape index (κ2) is 8.86. The number of nitrogens with zero attached hydrogens (tertiary/aromatic N) is 1. The molecule has 0 saturated heterocycles. The van der Waals surface area contributed by atoms with Crippen LogP contribution in [0.25, 0.3) is 5.57 Å². The Labute approximate surface area is 98.4 Å². The number of hydrogen-bond donors (Lipinski definition) is 1. The first-order valence-corrected chi connectivity index (χ1v) is 5.67. The van der Waals surface area contributed by atoms with Crippen LogP contribution in [0.15, 0.2) is 36.6 Å². The summed E-state index contributed by atoms with van der Waals surface area (Å²) in [6.07, 6.45) is 7.85. The minimum Gasteiger partial charge on any atom is -0.390 e. The van der Waals surface area contributed by atoms with E-state index >= 15 is 0 Å². The normalized spacial score (nSPS) is 11.2. The maximum atomic E-state index is 8.84. The number of aromatic nitrogens is 1. The van der Waals surface area contributed by atoms with Gasteiger partial charge in [0.05, 0.1) is 12.3 Å². The quantitative estimate of drug-likeness (QED) is 0.788. The van der Waals surface area contributed by atoms with E-state index in [0.29, 0.717) is 5.69 Å². The number of aliphatic hydroxyl groups is 1. The lowest BCUT2D eigenvalue weighted by atomic mass is 10.1. The first kappa shape index (κ1) is 14.6. The van der Waals surface area contributed by atoms with Gasteiger partial charge in [-0.1, -0.05) is 38.1 Å². The Morgan fingerprint density at radius 2 is 2.00 bits per heavy atom. The molecule has 0 spiro atoms. The molecule has 0 radical (unpaired) electrons. The smallest absolute Gasteiger partial charge is 0.0852 e. The van der Waals surface area contributed by atoms with Gasteiger partial charge in [-0.25, -0.2) is 0 Å². The lowest BCUT2D eigenvalue weighted by Crippen LogP contribution is -1.90. The van der Waals surface area contributed by atoms with Crippen molar-refractivity contribution in [2.75, 3.05) is 0 Å². The third-order valence-electron chi connectivity index (χ3n) is 1.98. The summed E-state index contributed by atoms with van der Waals surface area (Å²) in [7, 11) is 0. The Balaban J connectivity index is 0.00000106. The number of pyridine rings is 1. The van der Waals surface area contributed by atoms with Crippen LogP contribution in [0.5, 0.6) is 0 Å². The van der Waals surface area contributed by atoms with Crippen LogP contribution in [-0.4, -0.2) is 10.1 Å². The van der Waals surface area contributed by atoms with Crippen molar-refractivity contribution in [1.82, 2.24) is 4.98 Å². The van der Waals surface area contributed by atoms with Crippen LogP contribution < -0.4 is 0 Å². The fourth-order valence-electron chi connectivity index (χ4n) is 1.23. The van der Waals surface area contributed by atoms with Crippen LogP contribution in [0, 0.1) is 0 Å². The lowest BCUT2D eigenvalue weighted by molar-refractivity contribution is 0.277. The highest BCUT2D eigenvalue weighted by Gasteiger charge is 1.97. The van der Waals surface area contributed by atoms with Gasteiger partial charge in [-0.3, -0.25) is 4.98 Å². The zero-order chi connectivity index (χ0) is 12.4. The van der Waals surface area contributed by atoms with E-state index in [2.05, 4.69) is 4.98 Å². The van der Waals surface area contributed by atoms with E-state index in [1.54, 1.807) is 6.20 Å². The third kappa shape index (κ3) is 4.41. The van der Waals surface area contributed by atoms with Crippen molar-refractivity contribution in [2.45, 2.75) is 34.3 Å². The highest BCUT2D eigenvalue weighted by Crippen LogP contribution is 2.14. The molecule has 16 heavy (non-hydrogen) atoms. The molecule has 2 heteroatoms. The van der Waals surface area contributed by atoms with E-state index in [1.165, 1.54) is 0 Å². The van der Waals surface area contributed by atoms with Crippen molar-refractivity contribution in [3.05, 3.63) is 47.8 Å². The molecule has 0 unspecified atom stereocenters. The Kier molecular flexibility index (Phi) is 8.08. The first-order valence-electron chi connectivity index (χ1n) is 5.67. The first-order chi connectivity index (χ1) is 7.81. The zero-order valence-electron chi connectivity index (χ0n) is 10.6. The van der Waals surface area contributed by atoms with E-state index < -0.39 is 0 Å². The molecule has 0 atom stereocenters. The minimum absolute atomic E-state index is 0.00489. The van der Waals surface area contributed by atoms with Crippen molar-refractivity contribution in [2.24, 2.45) is 0 Å². The van der Waals surface area contributed by atoms with Crippen LogP contribution in [0.4, 0.5) is 0 Å². The predicted octanol–water partition coefficient (Wildman–Crippen LogP) is 3.58. The predicted molar refractivity (Wildman–Crippen MR) is 70.0 cm³/mol. The average molecular weight is 219 g/mol. The number of rotatable bonds is 3. The molecule has 0 aliphatic rings. The van der Waals surface area contributed by atoms with E-state index in [-0.39, 0.29) is 6.61 Å². The number of aliphatic hydroxyl groups excluding tert-OH is 1. The van der Waals surface area contributed by atoms with Crippen LogP contribution in [-0.2, 0) is 6.61 Å². The summed E-state index contributed by atoms with van der Waals surface area (Å²) >= 11 is 0. The molecule has 1 rings (SSSR count). The molecule has 1 aromatic heterocycles. The van der Waals surface area contributed by atoms with Crippen molar-refractivity contribution < 1.29 is 5.11 Å². The van der Waals surface area contributed by atoms with Crippen molar-refractivity contribution in [3.63, 3.8) is 0 Å². The van der Waals surface area contributed by atoms with Crippen LogP contribution in [0.2, 0.25) is 0 Å². The molecule has 0 bridgehead atoms. The fourth-order valence-corrected chi connectivity index (χ4v) is 1.23. The minimum atomic E-state index is -0.00489. The van der Waals surface area contributed by atoms with Crippen molar-refractivity contribution in [3.8, 4) is 0 Å². The maximum Gasteiger partial charge on any atom is 0.0852 e. The van der Waals surface area contributed by atoms with E-state index in [4.69, 9.17) is 5.11 Å². The van der Waals surface area contributed by atoms with E-state index in [1.807, 2.05) is 58.1 Å². The molecule has 0 saturated carbocycles. The Hall–Kier alpha value is -1.41. The Bertz CT molecular complexity index is 336. The van der Waals surface area contributed by atoms with Crippen LogP contribution in [0.1, 0.15) is 39.0 Å². The monoisotopic (exact) mass is 219 g/mol. The lowest BCUT2D eigenvalue weighted by Gasteiger charge is -2.02. The van der Waals surface area contributed by atoms with Crippen molar-refractivity contribution in [1.29, 1.82) is 0 Å². The molecule has 1 N–H and O–H groups in total. The topological polar surface area (TPSA) is 33.1 Å². The van der Waals surface area contributed by atoms with Gasteiger partial charge in [-0.05, 0) is 31.1 Å². The van der Waals surface area contributed by atoms with Gasteiger partial charge >= 0.3 is 0 Å². The van der Waals surface area contributed by atoms with Gasteiger partial charge in [0.25, 0.3) is 0 Å². The summed E-state index contributed by atoms with van der Waals surface area (Å²) < 4.78 is 0. The summed E-state index contributed by atoms with van der Waals surface area (Å²) in [5.41, 5.74) is 2.91. The highest BCUT2D eigenvalue weighted by molar-refractivity contribution is 5.73. The van der Waals surface area contributed by atoms with E-state index in [0.717, 1.165) is 11.1 Å². The maximum absolute atomic E-state index is 8.84. The molecule has 88 valence electrons. The molecule has 2 nitrogen and oxygen atoms in total. The largest absolute Gasteiger partial charge is 0.390 e. The Morgan fingerprint density at radius 3 is 2.38 bits per heavy atom. The van der Waals surface area contributed by atoms with Crippen molar-refractivity contribution >= 4 is 5.57 Å². The zero-order valence-corrected chi connectivity index (χ0v) is 10.6. The molecular formula is C14H21NO. The summed E-state index contributed by atoms with van der Waals surface area (Å²) in [5.74, 6) is 0. The summed E-state index contributed by atoms with van der Waals surface area (Å²) in [4.78, 5) is 4.12. The van der Waals surface area contributed by atoms with Gasteiger partial charge in [-0.2, -0.15) is 0 Å². The fraction of sp³-hybridized carbons (Fsp3) is 0.357. The van der Waals surface area contributed by atoms with Gasteiger partial charge in [0.2, 0.25) is 0 Å². The SMILES string of the molecule is C/C=C\C(=C/C)c1ccc(CO)nc1.CC. The van der Waals surface area contributed by atoms with Crippen LogP contribution in [0.3, 0.4) is 0 Å². The number of allylic oxidation sites excluding steroid dienone is 4.